The van der Waals surface area contributed by atoms with E-state index < -0.39 is 24.2 Å². The fourth-order valence-corrected chi connectivity index (χ4v) is 6.07. The summed E-state index contributed by atoms with van der Waals surface area (Å²) in [4.78, 5) is 40.0. The number of methoxy groups -OCH3 is 1. The van der Waals surface area contributed by atoms with E-state index in [0.717, 1.165) is 24.8 Å². The van der Waals surface area contributed by atoms with Crippen LogP contribution >= 0.6 is 22.6 Å². The molecule has 1 saturated carbocycles. The number of amides is 2. The highest BCUT2D eigenvalue weighted by Gasteiger charge is 2.43. The quantitative estimate of drug-likeness (QED) is 0.239. The Hall–Kier alpha value is -3.36. The van der Waals surface area contributed by atoms with Gasteiger partial charge in [0.1, 0.15) is 18.5 Å². The minimum absolute atomic E-state index is 0.0513. The molecule has 224 valence electrons. The molecule has 1 heterocycles. The zero-order chi connectivity index (χ0) is 29.8. The summed E-state index contributed by atoms with van der Waals surface area (Å²) < 4.78 is 23.3. The summed E-state index contributed by atoms with van der Waals surface area (Å²) in [5, 5.41) is 23.7. The van der Waals surface area contributed by atoms with Gasteiger partial charge in [0.05, 0.1) is 23.3 Å². The molecular formula is C30H33IN2O9. The molecule has 0 radical (unpaired) electrons. The van der Waals surface area contributed by atoms with Crippen molar-refractivity contribution in [2.45, 2.75) is 50.5 Å². The summed E-state index contributed by atoms with van der Waals surface area (Å²) in [5.74, 6) is 1.11. The predicted octanol–water partition coefficient (Wildman–Crippen LogP) is 2.59. The monoisotopic (exact) mass is 692 g/mol. The van der Waals surface area contributed by atoms with Gasteiger partial charge in [-0.3, -0.25) is 14.4 Å². The zero-order valence-corrected chi connectivity index (χ0v) is 25.2. The normalized spacial score (nSPS) is 21.1. The number of benzene rings is 2. The molecule has 0 saturated heterocycles. The number of hydrogen-bond acceptors (Lipinski definition) is 9. The van der Waals surface area contributed by atoms with Gasteiger partial charge in [0.2, 0.25) is 18.6 Å². The summed E-state index contributed by atoms with van der Waals surface area (Å²) in [5.41, 5.74) is 1.50. The van der Waals surface area contributed by atoms with Crippen LogP contribution in [-0.4, -0.2) is 78.5 Å². The van der Waals surface area contributed by atoms with Gasteiger partial charge in [-0.05, 0) is 71.3 Å². The number of fused-ring (bicyclic) bond motifs is 1. The number of carbonyl (C=O) groups is 3. The van der Waals surface area contributed by atoms with Crippen molar-refractivity contribution in [2.75, 3.05) is 27.1 Å². The molecule has 2 amide bonds. The van der Waals surface area contributed by atoms with Crippen LogP contribution in [0.25, 0.3) is 0 Å². The molecule has 3 aliphatic rings. The van der Waals surface area contributed by atoms with Gasteiger partial charge in [-0.1, -0.05) is 12.5 Å². The van der Waals surface area contributed by atoms with Gasteiger partial charge in [-0.2, -0.15) is 0 Å². The van der Waals surface area contributed by atoms with Crippen LogP contribution in [-0.2, 0) is 16.1 Å². The maximum absolute atomic E-state index is 13.9. The largest absolute Gasteiger partial charge is 0.493 e. The van der Waals surface area contributed by atoms with Crippen LogP contribution in [0.2, 0.25) is 0 Å². The molecule has 2 aromatic carbocycles. The van der Waals surface area contributed by atoms with Crippen molar-refractivity contribution in [2.24, 2.45) is 5.92 Å². The third-order valence-electron chi connectivity index (χ3n) is 7.78. The van der Waals surface area contributed by atoms with Gasteiger partial charge in [0.15, 0.2) is 23.0 Å². The number of ether oxygens (including phenoxy) is 4. The van der Waals surface area contributed by atoms with Crippen LogP contribution in [0.5, 0.6) is 23.0 Å². The molecule has 11 nitrogen and oxygen atoms in total. The Bertz CT molecular complexity index is 1380. The lowest BCUT2D eigenvalue weighted by Gasteiger charge is -2.43. The molecule has 0 spiro atoms. The highest BCUT2D eigenvalue weighted by atomic mass is 127. The van der Waals surface area contributed by atoms with Crippen LogP contribution in [0.4, 0.5) is 0 Å². The highest BCUT2D eigenvalue weighted by Crippen LogP contribution is 2.39. The first-order valence-corrected chi connectivity index (χ1v) is 14.9. The molecule has 2 aromatic rings. The summed E-state index contributed by atoms with van der Waals surface area (Å²) in [6.45, 7) is 0.119. The lowest BCUT2D eigenvalue weighted by molar-refractivity contribution is -0.146. The Morgan fingerprint density at radius 2 is 1.98 bits per heavy atom. The number of nitrogens with zero attached hydrogens (tertiary/aromatic N) is 1. The van der Waals surface area contributed by atoms with E-state index in [2.05, 4.69) is 5.32 Å². The van der Waals surface area contributed by atoms with E-state index in [-0.39, 0.29) is 44.7 Å². The van der Waals surface area contributed by atoms with Crippen molar-refractivity contribution in [3.8, 4) is 23.0 Å². The minimum Gasteiger partial charge on any atom is -0.493 e. The average Bonchev–Trinajstić information content (AvgIpc) is 3.43. The van der Waals surface area contributed by atoms with Crippen LogP contribution in [0, 0.1) is 9.49 Å². The molecular weight excluding hydrogens is 659 g/mol. The van der Waals surface area contributed by atoms with Gasteiger partial charge in [0.25, 0.3) is 0 Å². The first-order valence-electron chi connectivity index (χ1n) is 13.8. The van der Waals surface area contributed by atoms with Crippen molar-refractivity contribution in [3.05, 3.63) is 56.7 Å². The van der Waals surface area contributed by atoms with Gasteiger partial charge in [-0.25, -0.2) is 0 Å². The Morgan fingerprint density at radius 3 is 2.67 bits per heavy atom. The van der Waals surface area contributed by atoms with Crippen molar-refractivity contribution in [1.82, 2.24) is 10.2 Å². The molecule has 3 atom stereocenters. The first kappa shape index (κ1) is 30.1. The number of nitrogens with one attached hydrogen (secondary N) is 1. The van der Waals surface area contributed by atoms with E-state index in [1.807, 2.05) is 34.7 Å². The molecule has 5 rings (SSSR count). The second kappa shape index (κ2) is 13.3. The lowest BCUT2D eigenvalue weighted by Crippen LogP contribution is -2.56. The predicted molar refractivity (Wildman–Crippen MR) is 159 cm³/mol. The molecule has 42 heavy (non-hydrogen) atoms. The fraction of sp³-hybridized carbons (Fsp3) is 0.433. The second-order valence-corrected chi connectivity index (χ2v) is 11.6. The molecule has 0 bridgehead atoms. The Labute approximate surface area is 256 Å². The van der Waals surface area contributed by atoms with E-state index in [9.17, 15) is 24.6 Å². The van der Waals surface area contributed by atoms with Crippen LogP contribution in [0.15, 0.2) is 42.0 Å². The van der Waals surface area contributed by atoms with Gasteiger partial charge in [-0.15, -0.1) is 0 Å². The molecule has 12 heteroatoms. The van der Waals surface area contributed by atoms with Crippen molar-refractivity contribution >= 4 is 40.7 Å². The van der Waals surface area contributed by atoms with Crippen LogP contribution in [0.3, 0.4) is 0 Å². The Morgan fingerprint density at radius 1 is 1.19 bits per heavy atom. The van der Waals surface area contributed by atoms with Gasteiger partial charge < -0.3 is 39.4 Å². The molecule has 3 N–H and O–H groups in total. The highest BCUT2D eigenvalue weighted by molar-refractivity contribution is 14.1. The SMILES string of the molecule is COc1cc(C=O)cc(I)c1OC1C=C(C(=O)NCCO)CC(N(Cc2ccc3c(c2)OCO3)C(=O)C2CCC2)C1O. The molecule has 3 unspecified atom stereocenters. The second-order valence-electron chi connectivity index (χ2n) is 10.4. The molecule has 1 fully saturated rings. The summed E-state index contributed by atoms with van der Waals surface area (Å²) >= 11 is 2.02. The Kier molecular flexibility index (Phi) is 9.53. The van der Waals surface area contributed by atoms with E-state index in [1.165, 1.54) is 13.2 Å². The summed E-state index contributed by atoms with van der Waals surface area (Å²) in [6.07, 6.45) is 2.57. The number of aliphatic hydroxyl groups is 2. The van der Waals surface area contributed by atoms with Crippen molar-refractivity contribution < 1.29 is 43.5 Å². The maximum Gasteiger partial charge on any atom is 0.247 e. The smallest absolute Gasteiger partial charge is 0.247 e. The summed E-state index contributed by atoms with van der Waals surface area (Å²) in [7, 11) is 1.45. The zero-order valence-electron chi connectivity index (χ0n) is 23.1. The van der Waals surface area contributed by atoms with Crippen molar-refractivity contribution in [1.29, 1.82) is 0 Å². The van der Waals surface area contributed by atoms with E-state index in [1.54, 1.807) is 23.1 Å². The number of hydrogen-bond donors (Lipinski definition) is 3. The van der Waals surface area contributed by atoms with Crippen LogP contribution < -0.4 is 24.3 Å². The fourth-order valence-electron chi connectivity index (χ4n) is 5.32. The molecule has 1 aliphatic heterocycles. The van der Waals surface area contributed by atoms with E-state index in [0.29, 0.717) is 44.0 Å². The third-order valence-corrected chi connectivity index (χ3v) is 8.59. The minimum atomic E-state index is -1.20. The topological polar surface area (TPSA) is 144 Å². The Balaban J connectivity index is 1.50. The van der Waals surface area contributed by atoms with Gasteiger partial charge in [0, 0.05) is 36.6 Å². The molecule has 0 aromatic heterocycles. The van der Waals surface area contributed by atoms with E-state index in [4.69, 9.17) is 18.9 Å². The molecule has 2 aliphatic carbocycles. The number of halogens is 1. The van der Waals surface area contributed by atoms with Crippen LogP contribution in [0.1, 0.15) is 41.6 Å². The van der Waals surface area contributed by atoms with E-state index >= 15 is 0 Å². The lowest BCUT2D eigenvalue weighted by atomic mass is 9.82. The third kappa shape index (κ3) is 6.35. The standard InChI is InChI=1S/C30H33IN2O9/c1-39-26-11-18(15-35)9-21(31)28(26)42-25-13-20(29(37)32-7-8-34)12-22(27(25)36)33(30(38)19-3-2-4-19)14-17-5-6-23-24(10-17)41-16-40-23/h5-6,9-11,13,15,19,22,25,27,34,36H,2-4,7-8,12,14,16H2,1H3,(H,32,37). The maximum atomic E-state index is 13.9. The van der Waals surface area contributed by atoms with Gasteiger partial charge >= 0.3 is 0 Å². The number of aldehydes is 1. The average molecular weight is 693 g/mol. The summed E-state index contributed by atoms with van der Waals surface area (Å²) in [6, 6.07) is 7.82. The number of carbonyl (C=O) groups excluding carboxylic acids is 3. The first-order chi connectivity index (χ1) is 20.3. The van der Waals surface area contributed by atoms with Crippen molar-refractivity contribution in [3.63, 3.8) is 0 Å². The number of rotatable bonds is 11. The number of aliphatic hydroxyl groups excluding tert-OH is 2.